The number of carbonyl (C=O) groups is 1. The predicted octanol–water partition coefficient (Wildman–Crippen LogP) is 3.59. The molecular weight excluding hydrogens is 382 g/mol. The van der Waals surface area contributed by atoms with Crippen molar-refractivity contribution in [2.75, 3.05) is 36.5 Å². The Bertz CT molecular complexity index is 703. The summed E-state index contributed by atoms with van der Waals surface area (Å²) in [4.78, 5) is 18.6. The van der Waals surface area contributed by atoms with Crippen LogP contribution in [-0.2, 0) is 4.74 Å². The number of anilines is 2. The van der Waals surface area contributed by atoms with Crippen LogP contribution in [0.25, 0.3) is 0 Å². The Morgan fingerprint density at radius 2 is 2.04 bits per heavy atom. The van der Waals surface area contributed by atoms with E-state index in [1.54, 1.807) is 12.1 Å². The van der Waals surface area contributed by atoms with Crippen LogP contribution in [0.2, 0.25) is 5.15 Å². The van der Waals surface area contributed by atoms with Crippen LogP contribution in [0.5, 0.6) is 0 Å². The molecule has 5 nitrogen and oxygen atoms in total. The summed E-state index contributed by atoms with van der Waals surface area (Å²) < 4.78 is 6.29. The molecule has 120 valence electrons. The van der Waals surface area contributed by atoms with Gasteiger partial charge in [0, 0.05) is 23.8 Å². The SMILES string of the molecule is O=C(Nc1cc(Br)ccc1N1CCOCC1)c1ccc(Cl)nc1. The highest BCUT2D eigenvalue weighted by Gasteiger charge is 2.17. The summed E-state index contributed by atoms with van der Waals surface area (Å²) in [6.45, 7) is 2.97. The maximum Gasteiger partial charge on any atom is 0.257 e. The number of morpholine rings is 1. The van der Waals surface area contributed by atoms with Gasteiger partial charge in [-0.1, -0.05) is 27.5 Å². The lowest BCUT2D eigenvalue weighted by Gasteiger charge is -2.30. The number of nitrogens with one attached hydrogen (secondary N) is 1. The van der Waals surface area contributed by atoms with E-state index < -0.39 is 0 Å². The molecule has 1 N–H and O–H groups in total. The van der Waals surface area contributed by atoms with Crippen molar-refractivity contribution in [2.45, 2.75) is 0 Å². The van der Waals surface area contributed by atoms with E-state index in [-0.39, 0.29) is 5.91 Å². The normalized spacial score (nSPS) is 14.6. The van der Waals surface area contributed by atoms with Crippen LogP contribution < -0.4 is 10.2 Å². The summed E-state index contributed by atoms with van der Waals surface area (Å²) in [5.41, 5.74) is 2.19. The maximum atomic E-state index is 12.4. The summed E-state index contributed by atoms with van der Waals surface area (Å²) in [5, 5.41) is 3.31. The number of hydrogen-bond donors (Lipinski definition) is 1. The third kappa shape index (κ3) is 4.02. The van der Waals surface area contributed by atoms with Crippen molar-refractivity contribution in [1.29, 1.82) is 0 Å². The number of pyridine rings is 1. The molecular formula is C16H15BrClN3O2. The minimum absolute atomic E-state index is 0.221. The van der Waals surface area contributed by atoms with E-state index in [1.807, 2.05) is 18.2 Å². The topological polar surface area (TPSA) is 54.5 Å². The highest BCUT2D eigenvalue weighted by Crippen LogP contribution is 2.30. The van der Waals surface area contributed by atoms with Crippen LogP contribution in [-0.4, -0.2) is 37.2 Å². The Balaban J connectivity index is 1.84. The summed E-state index contributed by atoms with van der Waals surface area (Å²) in [6.07, 6.45) is 1.46. The number of benzene rings is 1. The molecule has 1 fully saturated rings. The van der Waals surface area contributed by atoms with Crippen molar-refractivity contribution in [1.82, 2.24) is 4.98 Å². The van der Waals surface area contributed by atoms with Gasteiger partial charge in [0.2, 0.25) is 0 Å². The molecule has 0 unspecified atom stereocenters. The Hall–Kier alpha value is -1.63. The first-order valence-electron chi connectivity index (χ1n) is 7.18. The fourth-order valence-corrected chi connectivity index (χ4v) is 2.87. The smallest absolute Gasteiger partial charge is 0.257 e. The van der Waals surface area contributed by atoms with Crippen molar-refractivity contribution >= 4 is 44.8 Å². The second-order valence-electron chi connectivity index (χ2n) is 5.08. The third-order valence-electron chi connectivity index (χ3n) is 3.55. The number of rotatable bonds is 3. The fourth-order valence-electron chi connectivity index (χ4n) is 2.39. The number of amides is 1. The van der Waals surface area contributed by atoms with Crippen molar-refractivity contribution in [2.24, 2.45) is 0 Å². The molecule has 1 amide bonds. The molecule has 3 rings (SSSR count). The zero-order chi connectivity index (χ0) is 16.2. The van der Waals surface area contributed by atoms with Gasteiger partial charge in [-0.05, 0) is 30.3 Å². The lowest BCUT2D eigenvalue weighted by molar-refractivity contribution is 0.102. The number of carbonyl (C=O) groups excluding carboxylic acids is 1. The second-order valence-corrected chi connectivity index (χ2v) is 6.39. The molecule has 1 aliphatic rings. The predicted molar refractivity (Wildman–Crippen MR) is 94.4 cm³/mol. The van der Waals surface area contributed by atoms with E-state index in [0.29, 0.717) is 23.9 Å². The molecule has 7 heteroatoms. The van der Waals surface area contributed by atoms with E-state index >= 15 is 0 Å². The highest BCUT2D eigenvalue weighted by molar-refractivity contribution is 9.10. The van der Waals surface area contributed by atoms with Gasteiger partial charge in [0.25, 0.3) is 5.91 Å². The molecule has 0 atom stereocenters. The van der Waals surface area contributed by atoms with Crippen LogP contribution >= 0.6 is 27.5 Å². The molecule has 0 spiro atoms. The molecule has 0 bridgehead atoms. The quantitative estimate of drug-likeness (QED) is 0.806. The number of aromatic nitrogens is 1. The lowest BCUT2D eigenvalue weighted by atomic mass is 10.2. The van der Waals surface area contributed by atoms with Gasteiger partial charge in [-0.3, -0.25) is 4.79 Å². The van der Waals surface area contributed by atoms with Crippen molar-refractivity contribution in [3.63, 3.8) is 0 Å². The zero-order valence-electron chi connectivity index (χ0n) is 12.3. The van der Waals surface area contributed by atoms with Gasteiger partial charge in [0.05, 0.1) is 30.2 Å². The monoisotopic (exact) mass is 395 g/mol. The minimum Gasteiger partial charge on any atom is -0.378 e. The Kier molecular flexibility index (Phi) is 5.15. The first-order chi connectivity index (χ1) is 11.1. The van der Waals surface area contributed by atoms with Crippen molar-refractivity contribution in [3.8, 4) is 0 Å². The van der Waals surface area contributed by atoms with Gasteiger partial charge in [-0.15, -0.1) is 0 Å². The Morgan fingerprint density at radius 3 is 2.74 bits per heavy atom. The average Bonchev–Trinajstić information content (AvgIpc) is 2.56. The van der Waals surface area contributed by atoms with Gasteiger partial charge in [-0.25, -0.2) is 4.98 Å². The van der Waals surface area contributed by atoms with Gasteiger partial charge in [0.15, 0.2) is 0 Å². The largest absolute Gasteiger partial charge is 0.378 e. The van der Waals surface area contributed by atoms with E-state index in [4.69, 9.17) is 16.3 Å². The average molecular weight is 397 g/mol. The first-order valence-corrected chi connectivity index (χ1v) is 8.36. The van der Waals surface area contributed by atoms with Crippen LogP contribution in [0, 0.1) is 0 Å². The Morgan fingerprint density at radius 1 is 1.26 bits per heavy atom. The summed E-state index contributed by atoms with van der Waals surface area (Å²) >= 11 is 9.21. The molecule has 1 aliphatic heterocycles. The molecule has 2 heterocycles. The summed E-state index contributed by atoms with van der Waals surface area (Å²) in [7, 11) is 0. The van der Waals surface area contributed by atoms with E-state index in [9.17, 15) is 4.79 Å². The molecule has 0 saturated carbocycles. The zero-order valence-corrected chi connectivity index (χ0v) is 14.6. The molecule has 0 aliphatic carbocycles. The van der Waals surface area contributed by atoms with E-state index in [1.165, 1.54) is 6.20 Å². The molecule has 23 heavy (non-hydrogen) atoms. The van der Waals surface area contributed by atoms with Gasteiger partial charge in [0.1, 0.15) is 5.15 Å². The molecule has 2 aromatic rings. The van der Waals surface area contributed by atoms with Crippen LogP contribution in [0.1, 0.15) is 10.4 Å². The van der Waals surface area contributed by atoms with Gasteiger partial charge >= 0.3 is 0 Å². The van der Waals surface area contributed by atoms with Crippen molar-refractivity contribution < 1.29 is 9.53 Å². The van der Waals surface area contributed by atoms with Crippen LogP contribution in [0.15, 0.2) is 41.0 Å². The molecule has 1 aromatic heterocycles. The molecule has 1 saturated heterocycles. The standard InChI is InChI=1S/C16H15BrClN3O2/c17-12-2-3-14(21-5-7-23-8-6-21)13(9-12)20-16(22)11-1-4-15(18)19-10-11/h1-4,9-10H,5-8H2,(H,20,22). The van der Waals surface area contributed by atoms with E-state index in [2.05, 4.69) is 31.1 Å². The van der Waals surface area contributed by atoms with Crippen molar-refractivity contribution in [3.05, 3.63) is 51.7 Å². The lowest BCUT2D eigenvalue weighted by Crippen LogP contribution is -2.36. The Labute approximate surface area is 147 Å². The number of ether oxygens (including phenoxy) is 1. The number of halogens is 2. The third-order valence-corrected chi connectivity index (χ3v) is 4.26. The molecule has 1 aromatic carbocycles. The number of hydrogen-bond acceptors (Lipinski definition) is 4. The second kappa shape index (κ2) is 7.29. The number of nitrogens with zero attached hydrogens (tertiary/aromatic N) is 2. The van der Waals surface area contributed by atoms with Gasteiger partial charge < -0.3 is 15.0 Å². The summed E-state index contributed by atoms with van der Waals surface area (Å²) in [6, 6.07) is 9.10. The van der Waals surface area contributed by atoms with E-state index in [0.717, 1.165) is 28.9 Å². The maximum absolute atomic E-state index is 12.4. The highest BCUT2D eigenvalue weighted by atomic mass is 79.9. The summed E-state index contributed by atoms with van der Waals surface area (Å²) in [5.74, 6) is -0.221. The first kappa shape index (κ1) is 16.2. The molecule has 0 radical (unpaired) electrons. The van der Waals surface area contributed by atoms with Crippen LogP contribution in [0.3, 0.4) is 0 Å². The van der Waals surface area contributed by atoms with Crippen LogP contribution in [0.4, 0.5) is 11.4 Å². The minimum atomic E-state index is -0.221. The van der Waals surface area contributed by atoms with Gasteiger partial charge in [-0.2, -0.15) is 0 Å². The fraction of sp³-hybridized carbons (Fsp3) is 0.250.